The molecule has 4 aromatic rings. The van der Waals surface area contributed by atoms with Gasteiger partial charge in [0, 0.05) is 12.1 Å². The highest BCUT2D eigenvalue weighted by Gasteiger charge is 2.33. The summed E-state index contributed by atoms with van der Waals surface area (Å²) in [5.41, 5.74) is 1.03. The quantitative estimate of drug-likeness (QED) is 0.504. The molecule has 0 aliphatic carbocycles. The van der Waals surface area contributed by atoms with Crippen LogP contribution in [0.2, 0.25) is 0 Å². The summed E-state index contributed by atoms with van der Waals surface area (Å²) in [5, 5.41) is 11.0. The number of hydrogen-bond acceptors (Lipinski definition) is 5. The summed E-state index contributed by atoms with van der Waals surface area (Å²) in [6, 6.07) is 8.43. The van der Waals surface area contributed by atoms with Gasteiger partial charge in [-0.2, -0.15) is 13.2 Å². The van der Waals surface area contributed by atoms with Crippen LogP contribution >= 0.6 is 11.8 Å². The lowest BCUT2D eigenvalue weighted by molar-refractivity contribution is -0.137. The van der Waals surface area contributed by atoms with Crippen molar-refractivity contribution in [1.82, 2.24) is 14.6 Å². The van der Waals surface area contributed by atoms with Crippen molar-refractivity contribution < 1.29 is 22.4 Å². The van der Waals surface area contributed by atoms with E-state index in [9.17, 15) is 18.0 Å². The van der Waals surface area contributed by atoms with Crippen molar-refractivity contribution in [1.29, 1.82) is 0 Å². The molecule has 0 radical (unpaired) electrons. The number of aromatic nitrogens is 3. The van der Waals surface area contributed by atoms with Gasteiger partial charge in [-0.05, 0) is 19.1 Å². The minimum Gasteiger partial charge on any atom is -0.463 e. The number of aryl methyl sites for hydroxylation is 1. The molecule has 3 heterocycles. The fourth-order valence-electron chi connectivity index (χ4n) is 2.91. The Bertz CT molecular complexity index is 1180. The van der Waals surface area contributed by atoms with Crippen LogP contribution in [-0.4, -0.2) is 26.3 Å². The SMILES string of the molecule is Cc1nnc(SCC(=O)Nc2ccccc2C(F)(F)F)c2cc3occc3n12. The summed E-state index contributed by atoms with van der Waals surface area (Å²) >= 11 is 1.09. The first-order valence-corrected chi connectivity index (χ1v) is 9.14. The maximum absolute atomic E-state index is 13.0. The summed E-state index contributed by atoms with van der Waals surface area (Å²) in [6.45, 7) is 1.79. The van der Waals surface area contributed by atoms with E-state index in [0.29, 0.717) is 16.4 Å². The van der Waals surface area contributed by atoms with Gasteiger partial charge in [-0.15, -0.1) is 10.2 Å². The summed E-state index contributed by atoms with van der Waals surface area (Å²) in [7, 11) is 0. The Labute approximate surface area is 160 Å². The van der Waals surface area contributed by atoms with E-state index in [1.54, 1.807) is 25.3 Å². The molecular formula is C18H13F3N4O2S. The van der Waals surface area contributed by atoms with Crippen molar-refractivity contribution in [2.24, 2.45) is 0 Å². The minimum atomic E-state index is -4.55. The van der Waals surface area contributed by atoms with Gasteiger partial charge >= 0.3 is 6.18 Å². The Kier molecular flexibility index (Phi) is 4.50. The van der Waals surface area contributed by atoms with Gasteiger partial charge in [-0.25, -0.2) is 0 Å². The molecule has 6 nitrogen and oxygen atoms in total. The molecule has 0 fully saturated rings. The number of halogens is 3. The maximum Gasteiger partial charge on any atom is 0.418 e. The molecular weight excluding hydrogens is 393 g/mol. The van der Waals surface area contributed by atoms with Gasteiger partial charge in [0.05, 0.1) is 34.3 Å². The van der Waals surface area contributed by atoms with Crippen molar-refractivity contribution in [3.05, 3.63) is 54.0 Å². The van der Waals surface area contributed by atoms with E-state index in [2.05, 4.69) is 15.5 Å². The number of anilines is 1. The second-order valence-corrected chi connectivity index (χ2v) is 6.93. The number of fused-ring (bicyclic) bond motifs is 3. The lowest BCUT2D eigenvalue weighted by atomic mass is 10.1. The predicted octanol–water partition coefficient (Wildman–Crippen LogP) is 4.53. The van der Waals surface area contributed by atoms with Crippen LogP contribution in [-0.2, 0) is 11.0 Å². The first kappa shape index (κ1) is 18.4. The van der Waals surface area contributed by atoms with Crippen LogP contribution in [0.5, 0.6) is 0 Å². The highest BCUT2D eigenvalue weighted by Crippen LogP contribution is 2.35. The molecule has 0 saturated carbocycles. The number of carbonyl (C=O) groups is 1. The number of nitrogens with one attached hydrogen (secondary N) is 1. The number of hydrogen-bond donors (Lipinski definition) is 1. The van der Waals surface area contributed by atoms with Crippen molar-refractivity contribution in [3.63, 3.8) is 0 Å². The molecule has 1 aromatic carbocycles. The number of carbonyl (C=O) groups excluding carboxylic acids is 1. The van der Waals surface area contributed by atoms with Crippen molar-refractivity contribution in [3.8, 4) is 0 Å². The van der Waals surface area contributed by atoms with E-state index in [0.717, 1.165) is 28.9 Å². The van der Waals surface area contributed by atoms with Crippen molar-refractivity contribution >= 4 is 40.0 Å². The highest BCUT2D eigenvalue weighted by molar-refractivity contribution is 8.00. The van der Waals surface area contributed by atoms with E-state index in [-0.39, 0.29) is 11.4 Å². The zero-order valence-corrected chi connectivity index (χ0v) is 15.3. The van der Waals surface area contributed by atoms with E-state index in [4.69, 9.17) is 4.42 Å². The van der Waals surface area contributed by atoms with Crippen LogP contribution in [0.3, 0.4) is 0 Å². The number of nitrogens with zero attached hydrogens (tertiary/aromatic N) is 3. The Morgan fingerprint density at radius 1 is 1.21 bits per heavy atom. The molecule has 0 aliphatic heterocycles. The molecule has 3 aromatic heterocycles. The Balaban J connectivity index is 1.54. The molecule has 0 saturated heterocycles. The summed E-state index contributed by atoms with van der Waals surface area (Å²) in [4.78, 5) is 12.2. The average molecular weight is 406 g/mol. The number of rotatable bonds is 4. The molecule has 1 N–H and O–H groups in total. The number of alkyl halides is 3. The summed E-state index contributed by atoms with van der Waals surface area (Å²) in [6.07, 6.45) is -2.99. The molecule has 0 unspecified atom stereocenters. The third kappa shape index (κ3) is 3.31. The topological polar surface area (TPSA) is 72.4 Å². The van der Waals surface area contributed by atoms with Crippen LogP contribution in [0.25, 0.3) is 16.6 Å². The van der Waals surface area contributed by atoms with Crippen LogP contribution < -0.4 is 5.32 Å². The maximum atomic E-state index is 13.0. The first-order chi connectivity index (χ1) is 13.3. The zero-order chi connectivity index (χ0) is 19.9. The van der Waals surface area contributed by atoms with Crippen molar-refractivity contribution in [2.75, 3.05) is 11.1 Å². The third-order valence-electron chi connectivity index (χ3n) is 4.10. The molecule has 28 heavy (non-hydrogen) atoms. The van der Waals surface area contributed by atoms with Gasteiger partial charge in [-0.3, -0.25) is 9.20 Å². The average Bonchev–Trinajstić information content (AvgIpc) is 3.22. The van der Waals surface area contributed by atoms with Gasteiger partial charge in [-0.1, -0.05) is 23.9 Å². The minimum absolute atomic E-state index is 0.119. The smallest absolute Gasteiger partial charge is 0.418 e. The van der Waals surface area contributed by atoms with Gasteiger partial charge < -0.3 is 9.73 Å². The summed E-state index contributed by atoms with van der Waals surface area (Å²) in [5.74, 6) is -0.0386. The van der Waals surface area contributed by atoms with E-state index in [1.165, 1.54) is 18.2 Å². The standard InChI is InChI=1S/C18H13F3N4O2S/c1-10-23-24-17(14-8-15-13(25(10)14)6-7-27-15)28-9-16(26)22-12-5-3-2-4-11(12)18(19,20)21/h2-8H,9H2,1H3,(H,22,26). The monoisotopic (exact) mass is 406 g/mol. The third-order valence-corrected chi connectivity index (χ3v) is 5.07. The number of furan rings is 1. The zero-order valence-electron chi connectivity index (χ0n) is 14.4. The fourth-order valence-corrected chi connectivity index (χ4v) is 3.64. The van der Waals surface area contributed by atoms with E-state index >= 15 is 0 Å². The molecule has 0 atom stereocenters. The number of amides is 1. The van der Waals surface area contributed by atoms with Crippen LogP contribution in [0, 0.1) is 6.92 Å². The number of thioether (sulfide) groups is 1. The fraction of sp³-hybridized carbons (Fsp3) is 0.167. The lowest BCUT2D eigenvalue weighted by Gasteiger charge is -2.13. The van der Waals surface area contributed by atoms with Crippen LogP contribution in [0.15, 0.2) is 52.1 Å². The molecule has 0 bridgehead atoms. The molecule has 144 valence electrons. The predicted molar refractivity (Wildman–Crippen MR) is 98.3 cm³/mol. The normalized spacial score (nSPS) is 12.0. The Morgan fingerprint density at radius 3 is 2.79 bits per heavy atom. The van der Waals surface area contributed by atoms with E-state index in [1.807, 2.05) is 4.40 Å². The molecule has 0 spiro atoms. The Morgan fingerprint density at radius 2 is 2.00 bits per heavy atom. The van der Waals surface area contributed by atoms with Crippen LogP contribution in [0.1, 0.15) is 11.4 Å². The van der Waals surface area contributed by atoms with Gasteiger partial charge in [0.1, 0.15) is 10.9 Å². The molecule has 4 rings (SSSR count). The Hall–Kier alpha value is -3.01. The molecule has 1 amide bonds. The highest BCUT2D eigenvalue weighted by atomic mass is 32.2. The van der Waals surface area contributed by atoms with Gasteiger partial charge in [0.2, 0.25) is 5.91 Å². The first-order valence-electron chi connectivity index (χ1n) is 8.15. The van der Waals surface area contributed by atoms with Crippen molar-refractivity contribution in [2.45, 2.75) is 18.1 Å². The largest absolute Gasteiger partial charge is 0.463 e. The van der Waals surface area contributed by atoms with Gasteiger partial charge in [0.15, 0.2) is 5.58 Å². The summed E-state index contributed by atoms with van der Waals surface area (Å²) < 4.78 is 46.4. The number of benzene rings is 1. The molecule has 10 heteroatoms. The number of para-hydroxylation sites is 1. The second kappa shape index (κ2) is 6.86. The van der Waals surface area contributed by atoms with Gasteiger partial charge in [0.25, 0.3) is 0 Å². The van der Waals surface area contributed by atoms with E-state index < -0.39 is 17.6 Å². The lowest BCUT2D eigenvalue weighted by Crippen LogP contribution is -2.18. The second-order valence-electron chi connectivity index (χ2n) is 5.97. The van der Waals surface area contributed by atoms with Crippen LogP contribution in [0.4, 0.5) is 18.9 Å². The molecule has 0 aliphatic rings.